The minimum Gasteiger partial charge on any atom is -0.396 e. The van der Waals surface area contributed by atoms with Crippen LogP contribution in [0.15, 0.2) is 24.3 Å². The fraction of sp³-hybridized carbons (Fsp3) is 0.538. The largest absolute Gasteiger partial charge is 0.396 e. The van der Waals surface area contributed by atoms with Gasteiger partial charge >= 0.3 is 0 Å². The Morgan fingerprint density at radius 3 is 2.69 bits per heavy atom. The molecule has 88 valence electrons. The normalized spacial score (nSPS) is 26.9. The summed E-state index contributed by atoms with van der Waals surface area (Å²) in [5, 5.41) is 10.2. The van der Waals surface area contributed by atoms with Crippen LogP contribution in [0.25, 0.3) is 0 Å². The highest BCUT2D eigenvalue weighted by atomic mass is 35.5. The molecule has 1 aliphatic heterocycles. The summed E-state index contributed by atoms with van der Waals surface area (Å²) < 4.78 is 0. The van der Waals surface area contributed by atoms with Gasteiger partial charge in [0.1, 0.15) is 0 Å². The van der Waals surface area contributed by atoms with Gasteiger partial charge in [-0.25, -0.2) is 0 Å². The lowest BCUT2D eigenvalue weighted by molar-refractivity contribution is 0.118. The molecule has 0 radical (unpaired) electrons. The lowest BCUT2D eigenvalue weighted by Crippen LogP contribution is -2.38. The average molecular weight is 240 g/mol. The molecule has 2 nitrogen and oxygen atoms in total. The number of aliphatic hydroxyl groups is 1. The van der Waals surface area contributed by atoms with E-state index in [1.165, 1.54) is 5.56 Å². The molecule has 0 amide bonds. The van der Waals surface area contributed by atoms with Gasteiger partial charge in [0.05, 0.1) is 0 Å². The van der Waals surface area contributed by atoms with Crippen molar-refractivity contribution in [2.45, 2.75) is 12.3 Å². The second kappa shape index (κ2) is 5.17. The van der Waals surface area contributed by atoms with E-state index in [1.807, 2.05) is 12.1 Å². The van der Waals surface area contributed by atoms with Gasteiger partial charge in [0.15, 0.2) is 0 Å². The van der Waals surface area contributed by atoms with Gasteiger partial charge < -0.3 is 10.0 Å². The molecule has 1 heterocycles. The van der Waals surface area contributed by atoms with Crippen molar-refractivity contribution in [1.82, 2.24) is 4.90 Å². The first kappa shape index (κ1) is 11.9. The van der Waals surface area contributed by atoms with Crippen molar-refractivity contribution in [3.8, 4) is 0 Å². The first-order chi connectivity index (χ1) is 7.70. The third-order valence-corrected chi connectivity index (χ3v) is 3.72. The Hall–Kier alpha value is -0.570. The zero-order chi connectivity index (χ0) is 11.5. The Labute approximate surface area is 102 Å². The van der Waals surface area contributed by atoms with E-state index in [0.717, 1.165) is 24.5 Å². The van der Waals surface area contributed by atoms with E-state index in [9.17, 15) is 5.11 Å². The SMILES string of the molecule is CN1CC[C@H](c2ccc(Cl)cc2)[C@H](CO)C1. The molecule has 0 aromatic heterocycles. The van der Waals surface area contributed by atoms with Crippen LogP contribution >= 0.6 is 11.6 Å². The summed E-state index contributed by atoms with van der Waals surface area (Å²) in [6, 6.07) is 8.04. The van der Waals surface area contributed by atoms with Gasteiger partial charge in [-0.05, 0) is 43.6 Å². The summed E-state index contributed by atoms with van der Waals surface area (Å²) >= 11 is 5.89. The molecular weight excluding hydrogens is 222 g/mol. The van der Waals surface area contributed by atoms with Crippen LogP contribution in [-0.2, 0) is 0 Å². The van der Waals surface area contributed by atoms with E-state index in [0.29, 0.717) is 11.8 Å². The molecule has 0 saturated carbocycles. The van der Waals surface area contributed by atoms with Gasteiger partial charge in [0.2, 0.25) is 0 Å². The Kier molecular flexibility index (Phi) is 3.85. The monoisotopic (exact) mass is 239 g/mol. The first-order valence-electron chi connectivity index (χ1n) is 5.75. The molecule has 2 atom stereocenters. The number of benzene rings is 1. The molecule has 0 aliphatic carbocycles. The summed E-state index contributed by atoms with van der Waals surface area (Å²) in [5.41, 5.74) is 1.30. The van der Waals surface area contributed by atoms with Crippen LogP contribution in [0.1, 0.15) is 17.9 Å². The van der Waals surface area contributed by atoms with Crippen LogP contribution in [-0.4, -0.2) is 36.8 Å². The molecule has 1 saturated heterocycles. The summed E-state index contributed by atoms with van der Waals surface area (Å²) in [4.78, 5) is 2.29. The minimum atomic E-state index is 0.262. The number of piperidine rings is 1. The molecule has 0 spiro atoms. The average Bonchev–Trinajstić information content (AvgIpc) is 2.30. The van der Waals surface area contributed by atoms with E-state index in [1.54, 1.807) is 0 Å². The topological polar surface area (TPSA) is 23.5 Å². The van der Waals surface area contributed by atoms with E-state index in [-0.39, 0.29) is 6.61 Å². The molecule has 1 aromatic rings. The van der Waals surface area contributed by atoms with Crippen LogP contribution < -0.4 is 0 Å². The fourth-order valence-electron chi connectivity index (χ4n) is 2.55. The second-order valence-corrected chi connectivity index (χ2v) is 5.09. The first-order valence-corrected chi connectivity index (χ1v) is 6.13. The Morgan fingerprint density at radius 1 is 1.38 bits per heavy atom. The van der Waals surface area contributed by atoms with E-state index in [2.05, 4.69) is 24.1 Å². The lowest BCUT2D eigenvalue weighted by Gasteiger charge is -2.36. The fourth-order valence-corrected chi connectivity index (χ4v) is 2.67. The molecular formula is C13H18ClNO. The predicted molar refractivity (Wildman–Crippen MR) is 66.9 cm³/mol. The highest BCUT2D eigenvalue weighted by Gasteiger charge is 2.28. The zero-order valence-electron chi connectivity index (χ0n) is 9.56. The van der Waals surface area contributed by atoms with Gasteiger partial charge in [-0.1, -0.05) is 23.7 Å². The number of hydrogen-bond donors (Lipinski definition) is 1. The van der Waals surface area contributed by atoms with Crippen molar-refractivity contribution >= 4 is 11.6 Å². The molecule has 0 bridgehead atoms. The van der Waals surface area contributed by atoms with Crippen molar-refractivity contribution in [3.63, 3.8) is 0 Å². The highest BCUT2D eigenvalue weighted by Crippen LogP contribution is 2.32. The summed E-state index contributed by atoms with van der Waals surface area (Å²) in [5.74, 6) is 0.818. The number of hydrogen-bond acceptors (Lipinski definition) is 2. The lowest BCUT2D eigenvalue weighted by atomic mass is 9.81. The molecule has 1 aromatic carbocycles. The quantitative estimate of drug-likeness (QED) is 0.857. The second-order valence-electron chi connectivity index (χ2n) is 4.65. The molecule has 1 N–H and O–H groups in total. The maximum absolute atomic E-state index is 9.44. The van der Waals surface area contributed by atoms with Gasteiger partial charge in [-0.3, -0.25) is 0 Å². The van der Waals surface area contributed by atoms with Crippen LogP contribution in [0.3, 0.4) is 0 Å². The van der Waals surface area contributed by atoms with Crippen LogP contribution in [0.2, 0.25) is 5.02 Å². The van der Waals surface area contributed by atoms with Crippen LogP contribution in [0, 0.1) is 5.92 Å². The number of rotatable bonds is 2. The molecule has 1 fully saturated rings. The maximum Gasteiger partial charge on any atom is 0.0477 e. The summed E-state index contributed by atoms with van der Waals surface area (Å²) in [6.45, 7) is 2.34. The molecule has 16 heavy (non-hydrogen) atoms. The highest BCUT2D eigenvalue weighted by molar-refractivity contribution is 6.30. The minimum absolute atomic E-state index is 0.262. The van der Waals surface area contributed by atoms with Gasteiger partial charge in [-0.2, -0.15) is 0 Å². The van der Waals surface area contributed by atoms with Gasteiger partial charge in [0, 0.05) is 24.1 Å². The molecule has 3 heteroatoms. The van der Waals surface area contributed by atoms with Crippen LogP contribution in [0.4, 0.5) is 0 Å². The van der Waals surface area contributed by atoms with Crippen molar-refractivity contribution in [3.05, 3.63) is 34.9 Å². The Morgan fingerprint density at radius 2 is 2.06 bits per heavy atom. The third-order valence-electron chi connectivity index (χ3n) is 3.47. The molecule has 1 aliphatic rings. The molecule has 2 rings (SSSR count). The van der Waals surface area contributed by atoms with Gasteiger partial charge in [-0.15, -0.1) is 0 Å². The number of halogens is 1. The number of aliphatic hydroxyl groups excluding tert-OH is 1. The van der Waals surface area contributed by atoms with E-state index >= 15 is 0 Å². The van der Waals surface area contributed by atoms with Crippen molar-refractivity contribution in [2.75, 3.05) is 26.7 Å². The summed E-state index contributed by atoms with van der Waals surface area (Å²) in [7, 11) is 2.11. The number of likely N-dealkylation sites (tertiary alicyclic amines) is 1. The maximum atomic E-state index is 9.44. The standard InChI is InChI=1S/C13H18ClNO/c1-15-7-6-13(11(8-15)9-16)10-2-4-12(14)5-3-10/h2-5,11,13,16H,6-9H2,1H3/t11-,13+/m0/s1. The third kappa shape index (κ3) is 2.57. The van der Waals surface area contributed by atoms with E-state index < -0.39 is 0 Å². The van der Waals surface area contributed by atoms with E-state index in [4.69, 9.17) is 11.6 Å². The smallest absolute Gasteiger partial charge is 0.0477 e. The zero-order valence-corrected chi connectivity index (χ0v) is 10.3. The van der Waals surface area contributed by atoms with Gasteiger partial charge in [0.25, 0.3) is 0 Å². The van der Waals surface area contributed by atoms with Crippen molar-refractivity contribution in [1.29, 1.82) is 0 Å². The van der Waals surface area contributed by atoms with Crippen molar-refractivity contribution in [2.24, 2.45) is 5.92 Å². The Bertz CT molecular complexity index is 338. The van der Waals surface area contributed by atoms with Crippen LogP contribution in [0.5, 0.6) is 0 Å². The molecule has 0 unspecified atom stereocenters. The summed E-state index contributed by atoms with van der Waals surface area (Å²) in [6.07, 6.45) is 1.11. The predicted octanol–water partition coefficient (Wildman–Crippen LogP) is 2.37. The Balaban J connectivity index is 2.15. The number of nitrogens with zero attached hydrogens (tertiary/aromatic N) is 1. The van der Waals surface area contributed by atoms with Crippen molar-refractivity contribution < 1.29 is 5.11 Å².